The fourth-order valence-corrected chi connectivity index (χ4v) is 3.15. The van der Waals surface area contributed by atoms with Crippen molar-refractivity contribution in [2.24, 2.45) is 0 Å². The van der Waals surface area contributed by atoms with Gasteiger partial charge in [0.05, 0.1) is 0 Å². The number of aromatic nitrogens is 2. The molecule has 1 saturated heterocycles. The average molecular weight is 310 g/mol. The number of nitrogens with one attached hydrogen (secondary N) is 1. The molecule has 4 nitrogen and oxygen atoms in total. The highest BCUT2D eigenvalue weighted by atomic mass is 15.2. The van der Waals surface area contributed by atoms with Crippen molar-refractivity contribution in [2.45, 2.75) is 33.6 Å². The molecule has 0 bridgehead atoms. The summed E-state index contributed by atoms with van der Waals surface area (Å²) in [6.45, 7) is 10.6. The number of anilines is 1. The molecule has 0 radical (unpaired) electrons. The molecule has 0 aliphatic carbocycles. The second-order valence-corrected chi connectivity index (χ2v) is 6.24. The van der Waals surface area contributed by atoms with E-state index in [1.54, 1.807) is 0 Å². The molecule has 0 atom stereocenters. The Morgan fingerprint density at radius 1 is 1.04 bits per heavy atom. The van der Waals surface area contributed by atoms with Crippen LogP contribution in [-0.4, -0.2) is 36.1 Å². The molecule has 1 aliphatic rings. The summed E-state index contributed by atoms with van der Waals surface area (Å²) < 4.78 is 0. The number of hydrogen-bond donors (Lipinski definition) is 1. The molecule has 2 aromatic rings. The van der Waals surface area contributed by atoms with Crippen LogP contribution >= 0.6 is 0 Å². The zero-order chi connectivity index (χ0) is 16.2. The van der Waals surface area contributed by atoms with Gasteiger partial charge in [0, 0.05) is 36.5 Å². The zero-order valence-electron chi connectivity index (χ0n) is 14.4. The van der Waals surface area contributed by atoms with Crippen LogP contribution in [0.2, 0.25) is 0 Å². The molecule has 1 N–H and O–H groups in total. The third-order valence-corrected chi connectivity index (χ3v) is 4.49. The fraction of sp³-hybridized carbons (Fsp3) is 0.474. The summed E-state index contributed by atoms with van der Waals surface area (Å²) in [6.07, 6.45) is 2.13. The van der Waals surface area contributed by atoms with Gasteiger partial charge in [-0.25, -0.2) is 9.97 Å². The Balaban J connectivity index is 2.04. The van der Waals surface area contributed by atoms with Gasteiger partial charge >= 0.3 is 0 Å². The molecule has 0 saturated carbocycles. The summed E-state index contributed by atoms with van der Waals surface area (Å²) >= 11 is 0. The van der Waals surface area contributed by atoms with E-state index in [1.165, 1.54) is 11.1 Å². The van der Waals surface area contributed by atoms with E-state index in [4.69, 9.17) is 9.97 Å². The average Bonchev–Trinajstić information content (AvgIpc) is 2.84. The first-order chi connectivity index (χ1) is 11.2. The molecule has 122 valence electrons. The normalized spacial score (nSPS) is 15.5. The molecule has 1 aromatic carbocycles. The molecule has 0 amide bonds. The van der Waals surface area contributed by atoms with Crippen molar-refractivity contribution >= 4 is 5.82 Å². The van der Waals surface area contributed by atoms with E-state index in [2.05, 4.69) is 55.3 Å². The lowest BCUT2D eigenvalue weighted by Gasteiger charge is -2.25. The third kappa shape index (κ3) is 3.53. The van der Waals surface area contributed by atoms with Crippen LogP contribution in [0.1, 0.15) is 30.2 Å². The van der Waals surface area contributed by atoms with Crippen molar-refractivity contribution in [1.29, 1.82) is 0 Å². The monoisotopic (exact) mass is 310 g/mol. The van der Waals surface area contributed by atoms with Gasteiger partial charge in [-0.2, -0.15) is 0 Å². The first kappa shape index (κ1) is 15.9. The number of hydrogen-bond acceptors (Lipinski definition) is 4. The summed E-state index contributed by atoms with van der Waals surface area (Å²) in [4.78, 5) is 12.1. The summed E-state index contributed by atoms with van der Waals surface area (Å²) in [5, 5.41) is 3.47. The molecule has 0 unspecified atom stereocenters. The second kappa shape index (κ2) is 7.09. The lowest BCUT2D eigenvalue weighted by Crippen LogP contribution is -2.30. The topological polar surface area (TPSA) is 41.1 Å². The van der Waals surface area contributed by atoms with Gasteiger partial charge in [-0.05, 0) is 33.2 Å². The van der Waals surface area contributed by atoms with Crippen molar-refractivity contribution in [3.05, 3.63) is 41.1 Å². The van der Waals surface area contributed by atoms with E-state index in [9.17, 15) is 0 Å². The van der Waals surface area contributed by atoms with E-state index in [0.717, 1.165) is 61.9 Å². The van der Waals surface area contributed by atoms with Crippen LogP contribution in [0.25, 0.3) is 11.4 Å². The van der Waals surface area contributed by atoms with E-state index in [1.807, 2.05) is 0 Å². The Bertz CT molecular complexity index is 656. The van der Waals surface area contributed by atoms with Gasteiger partial charge in [0.1, 0.15) is 5.82 Å². The van der Waals surface area contributed by atoms with Crippen LogP contribution in [-0.2, 0) is 6.42 Å². The molecular weight excluding hydrogens is 284 g/mol. The maximum atomic E-state index is 4.96. The van der Waals surface area contributed by atoms with E-state index >= 15 is 0 Å². The van der Waals surface area contributed by atoms with Crippen molar-refractivity contribution in [2.75, 3.05) is 31.1 Å². The van der Waals surface area contributed by atoms with Gasteiger partial charge in [-0.1, -0.05) is 36.8 Å². The van der Waals surface area contributed by atoms with Crippen LogP contribution in [0.3, 0.4) is 0 Å². The lowest BCUT2D eigenvalue weighted by molar-refractivity contribution is 0.724. The van der Waals surface area contributed by atoms with E-state index in [0.29, 0.717) is 0 Å². The predicted octanol–water partition coefficient (Wildman–Crippen LogP) is 3.12. The summed E-state index contributed by atoms with van der Waals surface area (Å²) in [5.41, 5.74) is 4.73. The molecule has 3 rings (SSSR count). The van der Waals surface area contributed by atoms with Gasteiger partial charge in [0.15, 0.2) is 5.82 Å². The highest BCUT2D eigenvalue weighted by Crippen LogP contribution is 2.26. The highest BCUT2D eigenvalue weighted by molar-refractivity contribution is 5.61. The molecule has 1 aromatic heterocycles. The van der Waals surface area contributed by atoms with Gasteiger partial charge in [-0.3, -0.25) is 0 Å². The van der Waals surface area contributed by atoms with E-state index < -0.39 is 0 Å². The molecule has 2 heterocycles. The van der Waals surface area contributed by atoms with Gasteiger partial charge in [-0.15, -0.1) is 0 Å². The standard InChI is InChI=1S/C19H26N4/c1-4-17-15(3)21-18(16-8-6-14(2)7-9-16)22-19(17)23-12-5-10-20-11-13-23/h6-9,20H,4-5,10-13H2,1-3H3. The van der Waals surface area contributed by atoms with Gasteiger partial charge < -0.3 is 10.2 Å². The molecule has 23 heavy (non-hydrogen) atoms. The van der Waals surface area contributed by atoms with E-state index in [-0.39, 0.29) is 0 Å². The number of benzene rings is 1. The quantitative estimate of drug-likeness (QED) is 0.945. The van der Waals surface area contributed by atoms with Crippen LogP contribution in [0, 0.1) is 13.8 Å². The summed E-state index contributed by atoms with van der Waals surface area (Å²) in [6, 6.07) is 8.47. The summed E-state index contributed by atoms with van der Waals surface area (Å²) in [5.74, 6) is 1.96. The van der Waals surface area contributed by atoms with Crippen molar-refractivity contribution < 1.29 is 0 Å². The van der Waals surface area contributed by atoms with Crippen molar-refractivity contribution in [3.63, 3.8) is 0 Å². The minimum atomic E-state index is 0.840. The minimum Gasteiger partial charge on any atom is -0.355 e. The molecule has 0 spiro atoms. The Morgan fingerprint density at radius 2 is 1.83 bits per heavy atom. The number of rotatable bonds is 3. The first-order valence-electron chi connectivity index (χ1n) is 8.59. The smallest absolute Gasteiger partial charge is 0.161 e. The van der Waals surface area contributed by atoms with Crippen LogP contribution in [0.5, 0.6) is 0 Å². The maximum Gasteiger partial charge on any atom is 0.161 e. The fourth-order valence-electron chi connectivity index (χ4n) is 3.15. The predicted molar refractivity (Wildman–Crippen MR) is 96.0 cm³/mol. The molecule has 1 aliphatic heterocycles. The Hall–Kier alpha value is -1.94. The zero-order valence-corrected chi connectivity index (χ0v) is 14.4. The minimum absolute atomic E-state index is 0.840. The SMILES string of the molecule is CCc1c(C)nc(-c2ccc(C)cc2)nc1N1CCCNCC1. The summed E-state index contributed by atoms with van der Waals surface area (Å²) in [7, 11) is 0. The largest absolute Gasteiger partial charge is 0.355 e. The van der Waals surface area contributed by atoms with Crippen LogP contribution < -0.4 is 10.2 Å². The molecule has 4 heteroatoms. The molecular formula is C19H26N4. The number of aryl methyl sites for hydroxylation is 2. The Kier molecular flexibility index (Phi) is 4.91. The third-order valence-electron chi connectivity index (χ3n) is 4.49. The van der Waals surface area contributed by atoms with Crippen molar-refractivity contribution in [1.82, 2.24) is 15.3 Å². The van der Waals surface area contributed by atoms with Gasteiger partial charge in [0.2, 0.25) is 0 Å². The van der Waals surface area contributed by atoms with Crippen LogP contribution in [0.4, 0.5) is 5.82 Å². The van der Waals surface area contributed by atoms with Crippen molar-refractivity contribution in [3.8, 4) is 11.4 Å². The van der Waals surface area contributed by atoms with Crippen LogP contribution in [0.15, 0.2) is 24.3 Å². The highest BCUT2D eigenvalue weighted by Gasteiger charge is 2.18. The second-order valence-electron chi connectivity index (χ2n) is 6.24. The first-order valence-corrected chi connectivity index (χ1v) is 8.59. The maximum absolute atomic E-state index is 4.96. The number of nitrogens with zero attached hydrogens (tertiary/aromatic N) is 3. The Morgan fingerprint density at radius 3 is 2.57 bits per heavy atom. The molecule has 1 fully saturated rings. The Labute approximate surface area is 139 Å². The lowest BCUT2D eigenvalue weighted by atomic mass is 10.1. The van der Waals surface area contributed by atoms with Gasteiger partial charge in [0.25, 0.3) is 0 Å².